The highest BCUT2D eigenvalue weighted by Gasteiger charge is 2.30. The normalized spacial score (nSPS) is 11.6. The van der Waals surface area contributed by atoms with Crippen LogP contribution >= 0.6 is 0 Å². The number of aromatic amines is 1. The predicted octanol–water partition coefficient (Wildman–Crippen LogP) is 3.68. The largest absolute Gasteiger partial charge is 0.416 e. The van der Waals surface area contributed by atoms with E-state index in [9.17, 15) is 13.2 Å². The number of halogens is 3. The fraction of sp³-hybridized carbons (Fsp3) is 0.0588. The molecule has 0 aliphatic carbocycles. The van der Waals surface area contributed by atoms with Crippen molar-refractivity contribution in [3.05, 3.63) is 60.0 Å². The van der Waals surface area contributed by atoms with Crippen LogP contribution in [-0.4, -0.2) is 24.8 Å². The van der Waals surface area contributed by atoms with Crippen molar-refractivity contribution in [2.75, 3.05) is 0 Å². The maximum atomic E-state index is 12.7. The Morgan fingerprint density at radius 3 is 2.50 bits per heavy atom. The molecule has 0 atom stereocenters. The number of benzene rings is 1. The van der Waals surface area contributed by atoms with Crippen molar-refractivity contribution in [2.45, 2.75) is 6.18 Å². The van der Waals surface area contributed by atoms with Crippen molar-refractivity contribution < 1.29 is 13.2 Å². The number of rotatable bonds is 2. The third kappa shape index (κ3) is 2.67. The third-order valence-electron chi connectivity index (χ3n) is 3.90. The van der Waals surface area contributed by atoms with Crippen LogP contribution in [-0.2, 0) is 6.18 Å². The number of nitriles is 1. The number of imidazole rings is 1. The number of hydrogen-bond donors (Lipinski definition) is 1. The molecule has 1 aromatic carbocycles. The van der Waals surface area contributed by atoms with Gasteiger partial charge < -0.3 is 4.40 Å². The van der Waals surface area contributed by atoms with Crippen LogP contribution < -0.4 is 0 Å². The summed E-state index contributed by atoms with van der Waals surface area (Å²) in [7, 11) is 0. The van der Waals surface area contributed by atoms with Gasteiger partial charge in [-0.05, 0) is 24.3 Å². The molecule has 3 aromatic heterocycles. The molecule has 0 unspecified atom stereocenters. The molecule has 0 aliphatic rings. The molecule has 9 heteroatoms. The van der Waals surface area contributed by atoms with Crippen molar-refractivity contribution in [3.8, 4) is 28.6 Å². The molecule has 0 radical (unpaired) electrons. The number of pyridine rings is 1. The van der Waals surface area contributed by atoms with Gasteiger partial charge in [-0.15, -0.1) is 5.10 Å². The molecule has 0 bridgehead atoms. The van der Waals surface area contributed by atoms with E-state index in [4.69, 9.17) is 5.26 Å². The Morgan fingerprint density at radius 2 is 1.81 bits per heavy atom. The van der Waals surface area contributed by atoms with E-state index in [1.807, 2.05) is 6.07 Å². The zero-order chi connectivity index (χ0) is 18.3. The maximum absolute atomic E-state index is 12.7. The number of hydrogen-bond acceptors (Lipinski definition) is 4. The first-order chi connectivity index (χ1) is 12.5. The summed E-state index contributed by atoms with van der Waals surface area (Å²) in [6, 6.07) is 10.3. The van der Waals surface area contributed by atoms with Gasteiger partial charge in [0.25, 0.3) is 0 Å². The third-order valence-corrected chi connectivity index (χ3v) is 3.90. The molecule has 26 heavy (non-hydrogen) atoms. The van der Waals surface area contributed by atoms with Crippen LogP contribution in [0.15, 0.2) is 48.8 Å². The van der Waals surface area contributed by atoms with Crippen LogP contribution in [0.1, 0.15) is 11.3 Å². The van der Waals surface area contributed by atoms with Crippen LogP contribution in [0.5, 0.6) is 0 Å². The number of nitrogens with one attached hydrogen (secondary N) is 1. The SMILES string of the molecule is N#Cc1n[nH]nc1-c1ccn2cc(-c3ccc(C(F)(F)F)cc3)nc2c1. The van der Waals surface area contributed by atoms with Crippen LogP contribution in [0, 0.1) is 11.3 Å². The van der Waals surface area contributed by atoms with E-state index < -0.39 is 11.7 Å². The van der Waals surface area contributed by atoms with Gasteiger partial charge in [-0.2, -0.15) is 28.7 Å². The topological polar surface area (TPSA) is 82.7 Å². The summed E-state index contributed by atoms with van der Waals surface area (Å²) < 4.78 is 39.8. The van der Waals surface area contributed by atoms with Gasteiger partial charge in [0, 0.05) is 23.5 Å². The fourth-order valence-corrected chi connectivity index (χ4v) is 2.61. The van der Waals surface area contributed by atoms with Gasteiger partial charge in [-0.1, -0.05) is 12.1 Å². The van der Waals surface area contributed by atoms with E-state index in [-0.39, 0.29) is 5.69 Å². The Labute approximate surface area is 144 Å². The predicted molar refractivity (Wildman–Crippen MR) is 85.7 cm³/mol. The van der Waals surface area contributed by atoms with Gasteiger partial charge in [0.15, 0.2) is 5.69 Å². The second kappa shape index (κ2) is 5.70. The number of alkyl halides is 3. The fourth-order valence-electron chi connectivity index (χ4n) is 2.61. The van der Waals surface area contributed by atoms with Gasteiger partial charge >= 0.3 is 6.18 Å². The quantitative estimate of drug-likeness (QED) is 0.595. The Balaban J connectivity index is 1.73. The van der Waals surface area contributed by atoms with Crippen LogP contribution in [0.25, 0.3) is 28.2 Å². The first kappa shape index (κ1) is 15.8. The molecule has 3 heterocycles. The summed E-state index contributed by atoms with van der Waals surface area (Å²) in [6.45, 7) is 0. The van der Waals surface area contributed by atoms with E-state index in [2.05, 4.69) is 20.4 Å². The molecule has 6 nitrogen and oxygen atoms in total. The van der Waals surface area contributed by atoms with Crippen LogP contribution in [0.2, 0.25) is 0 Å². The van der Waals surface area contributed by atoms with Crippen LogP contribution in [0.4, 0.5) is 13.2 Å². The average Bonchev–Trinajstić information content (AvgIpc) is 3.26. The molecule has 1 N–H and O–H groups in total. The molecule has 0 saturated carbocycles. The van der Waals surface area contributed by atoms with E-state index in [1.54, 1.807) is 28.9 Å². The smallest absolute Gasteiger partial charge is 0.306 e. The maximum Gasteiger partial charge on any atom is 0.416 e. The Hall–Kier alpha value is -3.67. The summed E-state index contributed by atoms with van der Waals surface area (Å²) in [5.41, 5.74) is 2.22. The summed E-state index contributed by atoms with van der Waals surface area (Å²) in [4.78, 5) is 4.44. The van der Waals surface area contributed by atoms with Gasteiger partial charge in [-0.25, -0.2) is 4.98 Å². The second-order valence-corrected chi connectivity index (χ2v) is 5.51. The summed E-state index contributed by atoms with van der Waals surface area (Å²) in [5.74, 6) is 0. The lowest BCUT2D eigenvalue weighted by Gasteiger charge is -2.06. The first-order valence-corrected chi connectivity index (χ1v) is 7.43. The summed E-state index contributed by atoms with van der Waals surface area (Å²) in [6.07, 6.45) is -0.917. The molecule has 128 valence electrons. The second-order valence-electron chi connectivity index (χ2n) is 5.51. The number of fused-ring (bicyclic) bond motifs is 1. The van der Waals surface area contributed by atoms with Gasteiger partial charge in [-0.3, -0.25) is 0 Å². The van der Waals surface area contributed by atoms with Crippen molar-refractivity contribution in [1.29, 1.82) is 5.26 Å². The molecular formula is C17H9F3N6. The van der Waals surface area contributed by atoms with E-state index in [1.165, 1.54) is 12.1 Å². The minimum absolute atomic E-state index is 0.170. The van der Waals surface area contributed by atoms with Crippen molar-refractivity contribution in [2.24, 2.45) is 0 Å². The Morgan fingerprint density at radius 1 is 1.04 bits per heavy atom. The van der Waals surface area contributed by atoms with Crippen molar-refractivity contribution >= 4 is 5.65 Å². The molecule has 0 spiro atoms. The first-order valence-electron chi connectivity index (χ1n) is 7.43. The van der Waals surface area contributed by atoms with Gasteiger partial charge in [0.2, 0.25) is 0 Å². The lowest BCUT2D eigenvalue weighted by atomic mass is 10.1. The van der Waals surface area contributed by atoms with Gasteiger partial charge in [0.05, 0.1) is 11.3 Å². The minimum atomic E-state index is -4.37. The highest BCUT2D eigenvalue weighted by atomic mass is 19.4. The number of aromatic nitrogens is 5. The van der Waals surface area contributed by atoms with Crippen molar-refractivity contribution in [3.63, 3.8) is 0 Å². The zero-order valence-corrected chi connectivity index (χ0v) is 13.0. The van der Waals surface area contributed by atoms with Gasteiger partial charge in [0.1, 0.15) is 17.4 Å². The molecule has 0 amide bonds. The average molecular weight is 354 g/mol. The monoisotopic (exact) mass is 354 g/mol. The number of H-pyrrole nitrogens is 1. The minimum Gasteiger partial charge on any atom is -0.306 e. The Kier molecular flexibility index (Phi) is 3.47. The Bertz CT molecular complexity index is 1130. The molecule has 4 rings (SSSR count). The van der Waals surface area contributed by atoms with Crippen LogP contribution in [0.3, 0.4) is 0 Å². The number of nitrogens with zero attached hydrogens (tertiary/aromatic N) is 5. The van der Waals surface area contributed by atoms with E-state index in [0.717, 1.165) is 12.1 Å². The summed E-state index contributed by atoms with van der Waals surface area (Å²) in [5, 5.41) is 19.2. The lowest BCUT2D eigenvalue weighted by molar-refractivity contribution is -0.137. The van der Waals surface area contributed by atoms with E-state index in [0.29, 0.717) is 28.2 Å². The summed E-state index contributed by atoms with van der Waals surface area (Å²) >= 11 is 0. The molecule has 4 aromatic rings. The molecule has 0 saturated heterocycles. The highest BCUT2D eigenvalue weighted by molar-refractivity contribution is 5.70. The van der Waals surface area contributed by atoms with Crippen molar-refractivity contribution in [1.82, 2.24) is 24.8 Å². The lowest BCUT2D eigenvalue weighted by Crippen LogP contribution is -2.03. The molecule has 0 aliphatic heterocycles. The highest BCUT2D eigenvalue weighted by Crippen LogP contribution is 2.31. The standard InChI is InChI=1S/C17H9F3N6/c18-17(19,20)12-3-1-10(2-4-12)14-9-26-6-5-11(7-15(26)22-14)16-13(8-21)23-25-24-16/h1-7,9H,(H,23,24,25). The zero-order valence-electron chi connectivity index (χ0n) is 13.0. The molecular weight excluding hydrogens is 345 g/mol. The molecule has 0 fully saturated rings. The van der Waals surface area contributed by atoms with E-state index >= 15 is 0 Å².